The fourth-order valence-corrected chi connectivity index (χ4v) is 3.01. The molecule has 1 aliphatic rings. The molecule has 1 aromatic carbocycles. The van der Waals surface area contributed by atoms with Gasteiger partial charge in [-0.15, -0.1) is 0 Å². The molecule has 3 aromatic rings. The molecule has 1 saturated heterocycles. The number of halogens is 1. The van der Waals surface area contributed by atoms with Crippen molar-refractivity contribution in [2.75, 3.05) is 19.7 Å². The van der Waals surface area contributed by atoms with Crippen molar-refractivity contribution in [1.82, 2.24) is 24.9 Å². The molecule has 3 heterocycles. The Kier molecular flexibility index (Phi) is 4.05. The number of morpholine rings is 1. The number of aromatic nitrogens is 4. The van der Waals surface area contributed by atoms with Crippen LogP contribution in [-0.2, 0) is 11.2 Å². The van der Waals surface area contributed by atoms with E-state index in [4.69, 9.17) is 16.3 Å². The third kappa shape index (κ3) is 2.93. The fraction of sp³-hybridized carbons (Fsp3) is 0.312. The van der Waals surface area contributed by atoms with Crippen LogP contribution in [0.2, 0.25) is 5.02 Å². The summed E-state index contributed by atoms with van der Waals surface area (Å²) in [6.45, 7) is 2.28. The molecule has 0 bridgehead atoms. The lowest BCUT2D eigenvalue weighted by molar-refractivity contribution is 0.0286. The minimum absolute atomic E-state index is 0.0232. The smallest absolute Gasteiger partial charge is 0.274 e. The van der Waals surface area contributed by atoms with E-state index < -0.39 is 0 Å². The van der Waals surface area contributed by atoms with Crippen LogP contribution in [0.4, 0.5) is 0 Å². The summed E-state index contributed by atoms with van der Waals surface area (Å²) >= 11 is 6.19. The highest BCUT2D eigenvalue weighted by atomic mass is 35.5. The Morgan fingerprint density at radius 1 is 1.33 bits per heavy atom. The molecule has 0 unspecified atom stereocenters. The van der Waals surface area contributed by atoms with Crippen molar-refractivity contribution in [3.8, 4) is 11.4 Å². The highest BCUT2D eigenvalue weighted by molar-refractivity contribution is 6.33. The van der Waals surface area contributed by atoms with Crippen molar-refractivity contribution in [2.24, 2.45) is 0 Å². The van der Waals surface area contributed by atoms with Gasteiger partial charge in [-0.25, -0.2) is 4.98 Å². The number of nitrogens with zero attached hydrogens (tertiary/aromatic N) is 3. The molecular formula is C16H16ClN5O2. The molecule has 4 rings (SSSR count). The number of nitrogens with one attached hydrogen (secondary N) is 2. The molecule has 2 aromatic heterocycles. The lowest BCUT2D eigenvalue weighted by atomic mass is 10.1. The van der Waals surface area contributed by atoms with Crippen LogP contribution < -0.4 is 10.9 Å². The van der Waals surface area contributed by atoms with Gasteiger partial charge >= 0.3 is 0 Å². The predicted octanol–water partition coefficient (Wildman–Crippen LogP) is 1.27. The van der Waals surface area contributed by atoms with Crippen LogP contribution in [0.15, 0.2) is 35.1 Å². The second-order valence-corrected chi connectivity index (χ2v) is 6.08. The number of ether oxygens (including phenoxy) is 1. The zero-order chi connectivity index (χ0) is 16.5. The highest BCUT2D eigenvalue weighted by Gasteiger charge is 2.17. The van der Waals surface area contributed by atoms with Crippen LogP contribution in [0.3, 0.4) is 0 Å². The second-order valence-electron chi connectivity index (χ2n) is 5.67. The number of benzene rings is 1. The summed E-state index contributed by atoms with van der Waals surface area (Å²) in [6, 6.07) is 8.84. The molecule has 7 nitrogen and oxygen atoms in total. The lowest BCUT2D eigenvalue weighted by Gasteiger charge is -2.23. The third-order valence-electron chi connectivity index (χ3n) is 3.95. The molecule has 1 atom stereocenters. The van der Waals surface area contributed by atoms with Crippen LogP contribution >= 0.6 is 11.6 Å². The minimum atomic E-state index is -0.204. The minimum Gasteiger partial charge on any atom is -0.375 e. The fourth-order valence-electron chi connectivity index (χ4n) is 2.79. The molecule has 0 amide bonds. The molecule has 24 heavy (non-hydrogen) atoms. The Balaban J connectivity index is 1.70. The van der Waals surface area contributed by atoms with Gasteiger partial charge in [0.15, 0.2) is 5.82 Å². The summed E-state index contributed by atoms with van der Waals surface area (Å²) in [5, 5.41) is 6.78. The molecule has 0 saturated carbocycles. The van der Waals surface area contributed by atoms with E-state index in [1.54, 1.807) is 6.07 Å². The number of aromatic amines is 1. The van der Waals surface area contributed by atoms with Crippen LogP contribution in [-0.4, -0.2) is 45.4 Å². The Hall–Kier alpha value is -2.22. The standard InChI is InChI=1S/C16H16ClN5O2/c17-13-4-2-1-3-12(13)15-20-16-19-10(8-14(23)22(16)21-15)7-11-9-18-5-6-24-11/h1-4,8,11,18H,5-7,9H2,(H,19,20,21)/t11-/m0/s1. The molecule has 1 aliphatic heterocycles. The van der Waals surface area contributed by atoms with Gasteiger partial charge in [-0.2, -0.15) is 9.50 Å². The van der Waals surface area contributed by atoms with Crippen LogP contribution in [0, 0.1) is 0 Å². The zero-order valence-electron chi connectivity index (χ0n) is 12.8. The van der Waals surface area contributed by atoms with Gasteiger partial charge in [0.2, 0.25) is 0 Å². The zero-order valence-corrected chi connectivity index (χ0v) is 13.6. The van der Waals surface area contributed by atoms with Gasteiger partial charge in [0.05, 0.1) is 23.4 Å². The van der Waals surface area contributed by atoms with Crippen molar-refractivity contribution >= 4 is 17.4 Å². The first-order valence-electron chi connectivity index (χ1n) is 7.76. The molecule has 0 radical (unpaired) electrons. The quantitative estimate of drug-likeness (QED) is 0.746. The van der Waals surface area contributed by atoms with E-state index in [9.17, 15) is 4.79 Å². The first-order chi connectivity index (χ1) is 11.7. The van der Waals surface area contributed by atoms with Gasteiger partial charge in [0.1, 0.15) is 0 Å². The molecule has 8 heteroatoms. The van der Waals surface area contributed by atoms with Gasteiger partial charge in [0, 0.05) is 31.1 Å². The number of H-pyrrole nitrogens is 1. The molecular weight excluding hydrogens is 330 g/mol. The summed E-state index contributed by atoms with van der Waals surface area (Å²) in [7, 11) is 0. The largest absolute Gasteiger partial charge is 0.375 e. The van der Waals surface area contributed by atoms with Gasteiger partial charge in [-0.05, 0) is 12.1 Å². The average molecular weight is 346 g/mol. The molecule has 1 fully saturated rings. The van der Waals surface area contributed by atoms with E-state index in [-0.39, 0.29) is 11.7 Å². The van der Waals surface area contributed by atoms with Gasteiger partial charge in [-0.3, -0.25) is 9.89 Å². The summed E-state index contributed by atoms with van der Waals surface area (Å²) in [6.07, 6.45) is 0.600. The van der Waals surface area contributed by atoms with Crippen molar-refractivity contribution in [2.45, 2.75) is 12.5 Å². The maximum atomic E-state index is 12.3. The van der Waals surface area contributed by atoms with E-state index in [0.717, 1.165) is 18.7 Å². The first kappa shape index (κ1) is 15.3. The van der Waals surface area contributed by atoms with E-state index in [1.807, 2.05) is 18.2 Å². The van der Waals surface area contributed by atoms with Crippen molar-refractivity contribution < 1.29 is 4.74 Å². The van der Waals surface area contributed by atoms with Crippen LogP contribution in [0.1, 0.15) is 5.69 Å². The Morgan fingerprint density at radius 2 is 2.21 bits per heavy atom. The van der Waals surface area contributed by atoms with Gasteiger partial charge in [0.25, 0.3) is 11.3 Å². The normalized spacial score (nSPS) is 18.1. The van der Waals surface area contributed by atoms with Gasteiger partial charge < -0.3 is 10.1 Å². The van der Waals surface area contributed by atoms with E-state index in [0.29, 0.717) is 35.3 Å². The van der Waals surface area contributed by atoms with Crippen molar-refractivity contribution in [1.29, 1.82) is 0 Å². The lowest BCUT2D eigenvalue weighted by Crippen LogP contribution is -2.40. The molecule has 2 N–H and O–H groups in total. The van der Waals surface area contributed by atoms with E-state index in [1.165, 1.54) is 10.6 Å². The third-order valence-corrected chi connectivity index (χ3v) is 4.28. The summed E-state index contributed by atoms with van der Waals surface area (Å²) < 4.78 is 6.99. The number of hydrogen-bond acceptors (Lipinski definition) is 5. The van der Waals surface area contributed by atoms with Crippen molar-refractivity contribution in [3.63, 3.8) is 0 Å². The highest BCUT2D eigenvalue weighted by Crippen LogP contribution is 2.24. The number of fused-ring (bicyclic) bond motifs is 1. The summed E-state index contributed by atoms with van der Waals surface area (Å²) in [4.78, 5) is 21.2. The van der Waals surface area contributed by atoms with Crippen LogP contribution in [0.25, 0.3) is 17.2 Å². The average Bonchev–Trinajstić information content (AvgIpc) is 3.00. The first-order valence-corrected chi connectivity index (χ1v) is 8.14. The Morgan fingerprint density at radius 3 is 3.00 bits per heavy atom. The topological polar surface area (TPSA) is 84.3 Å². The number of hydrogen-bond donors (Lipinski definition) is 2. The van der Waals surface area contributed by atoms with E-state index >= 15 is 0 Å². The van der Waals surface area contributed by atoms with E-state index in [2.05, 4.69) is 20.4 Å². The SMILES string of the molecule is O=c1cc(C[C@H]2CNCCO2)nc2nc(-c3ccccc3Cl)[nH]n12. The van der Waals surface area contributed by atoms with Gasteiger partial charge in [-0.1, -0.05) is 23.7 Å². The molecule has 124 valence electrons. The second kappa shape index (κ2) is 6.35. The Bertz CT molecular complexity index is 930. The predicted molar refractivity (Wildman–Crippen MR) is 90.4 cm³/mol. The Labute approximate surface area is 142 Å². The maximum Gasteiger partial charge on any atom is 0.274 e. The molecule has 0 spiro atoms. The number of rotatable bonds is 3. The maximum absolute atomic E-state index is 12.3. The summed E-state index contributed by atoms with van der Waals surface area (Å²) in [5.41, 5.74) is 1.20. The van der Waals surface area contributed by atoms with Crippen molar-refractivity contribution in [3.05, 3.63) is 51.4 Å². The summed E-state index contributed by atoms with van der Waals surface area (Å²) in [5.74, 6) is 0.842. The van der Waals surface area contributed by atoms with Crippen LogP contribution in [0.5, 0.6) is 0 Å². The monoisotopic (exact) mass is 345 g/mol. The molecule has 0 aliphatic carbocycles.